The number of carbonyl (C=O) groups is 1. The van der Waals surface area contributed by atoms with E-state index in [2.05, 4.69) is 27.2 Å². The number of furan rings is 1. The molecule has 0 aliphatic carbocycles. The number of hydrogen-bond acceptors (Lipinski definition) is 4. The lowest BCUT2D eigenvalue weighted by atomic mass is 10.3. The highest BCUT2D eigenvalue weighted by Gasteiger charge is 2.04. The average molecular weight is 440 g/mol. The molecule has 6 nitrogen and oxygen atoms in total. The molecule has 8 heteroatoms. The van der Waals surface area contributed by atoms with Crippen LogP contribution < -0.4 is 16.0 Å². The topological polar surface area (TPSA) is 78.7 Å². The highest BCUT2D eigenvalue weighted by atomic mass is 127. The summed E-state index contributed by atoms with van der Waals surface area (Å²) < 4.78 is 5.14. The Balaban J connectivity index is 0.00000441. The van der Waals surface area contributed by atoms with Gasteiger partial charge >= 0.3 is 0 Å². The van der Waals surface area contributed by atoms with Crippen LogP contribution in [-0.2, 0) is 11.3 Å². The van der Waals surface area contributed by atoms with Crippen LogP contribution in [-0.4, -0.2) is 44.0 Å². The van der Waals surface area contributed by atoms with E-state index in [0.29, 0.717) is 12.5 Å². The van der Waals surface area contributed by atoms with Gasteiger partial charge in [0.1, 0.15) is 5.76 Å². The molecule has 0 radical (unpaired) electrons. The van der Waals surface area contributed by atoms with Crippen molar-refractivity contribution in [1.82, 2.24) is 16.0 Å². The van der Waals surface area contributed by atoms with Crippen molar-refractivity contribution in [3.63, 3.8) is 0 Å². The molecule has 0 aliphatic heterocycles. The van der Waals surface area contributed by atoms with Crippen molar-refractivity contribution >= 4 is 47.6 Å². The minimum atomic E-state index is -0.100. The number of carbonyl (C=O) groups excluding carboxylic acids is 1. The third-order valence-electron chi connectivity index (χ3n) is 2.75. The summed E-state index contributed by atoms with van der Waals surface area (Å²) in [6, 6.07) is 3.62. The van der Waals surface area contributed by atoms with Crippen molar-refractivity contribution < 1.29 is 9.21 Å². The van der Waals surface area contributed by atoms with Gasteiger partial charge in [-0.05, 0) is 37.0 Å². The molecule has 1 heterocycles. The van der Waals surface area contributed by atoms with Gasteiger partial charge in [0.25, 0.3) is 0 Å². The van der Waals surface area contributed by atoms with Crippen LogP contribution in [0, 0.1) is 0 Å². The van der Waals surface area contributed by atoms with Gasteiger partial charge < -0.3 is 20.4 Å². The fourth-order valence-electron chi connectivity index (χ4n) is 1.62. The van der Waals surface area contributed by atoms with E-state index in [1.807, 2.05) is 17.8 Å². The number of rotatable bonds is 9. The molecule has 0 atom stereocenters. The monoisotopic (exact) mass is 440 g/mol. The number of nitrogens with one attached hydrogen (secondary N) is 3. The maximum Gasteiger partial charge on any atom is 0.239 e. The second kappa shape index (κ2) is 13.7. The summed E-state index contributed by atoms with van der Waals surface area (Å²) >= 11 is 1.85. The smallest absolute Gasteiger partial charge is 0.239 e. The lowest BCUT2D eigenvalue weighted by Crippen LogP contribution is -2.43. The molecule has 1 amide bonds. The van der Waals surface area contributed by atoms with Crippen LogP contribution in [0.3, 0.4) is 0 Å². The Morgan fingerprint density at radius 3 is 2.77 bits per heavy atom. The summed E-state index contributed by atoms with van der Waals surface area (Å²) in [6.07, 6.45) is 5.96. The van der Waals surface area contributed by atoms with Crippen molar-refractivity contribution in [2.24, 2.45) is 4.99 Å². The Hall–Kier alpha value is -0.900. The van der Waals surface area contributed by atoms with Crippen LogP contribution in [0.1, 0.15) is 18.6 Å². The lowest BCUT2D eigenvalue weighted by molar-refractivity contribution is -0.120. The maximum atomic E-state index is 11.7. The molecule has 3 N–H and O–H groups in total. The molecular formula is C14H25IN4O2S. The molecule has 0 bridgehead atoms. The number of halogens is 1. The second-order valence-electron chi connectivity index (χ2n) is 4.41. The minimum Gasteiger partial charge on any atom is -0.467 e. The highest BCUT2D eigenvalue weighted by Crippen LogP contribution is 1.98. The molecule has 126 valence electrons. The van der Waals surface area contributed by atoms with Crippen LogP contribution in [0.15, 0.2) is 27.8 Å². The van der Waals surface area contributed by atoms with E-state index in [1.165, 1.54) is 12.2 Å². The van der Waals surface area contributed by atoms with Crippen LogP contribution in [0.5, 0.6) is 0 Å². The van der Waals surface area contributed by atoms with Gasteiger partial charge in [0.15, 0.2) is 5.96 Å². The van der Waals surface area contributed by atoms with Crippen molar-refractivity contribution in [2.75, 3.05) is 32.1 Å². The number of hydrogen-bond donors (Lipinski definition) is 3. The number of thioether (sulfide) groups is 1. The number of amides is 1. The second-order valence-corrected chi connectivity index (χ2v) is 5.39. The first kappa shape index (κ1) is 21.1. The lowest BCUT2D eigenvalue weighted by Gasteiger charge is -2.11. The molecule has 0 saturated carbocycles. The van der Waals surface area contributed by atoms with Gasteiger partial charge in [0.05, 0.1) is 19.4 Å². The van der Waals surface area contributed by atoms with Crippen molar-refractivity contribution in [1.29, 1.82) is 0 Å². The standard InChI is InChI=1S/C14H24N4O2S.HI/c1-15-14(16-7-3-4-9-21-2)18-11-13(19)17-10-12-6-5-8-20-12;/h5-6,8H,3-4,7,9-11H2,1-2H3,(H,17,19)(H2,15,16,18);1H. The van der Waals surface area contributed by atoms with E-state index in [1.54, 1.807) is 19.4 Å². The Morgan fingerprint density at radius 2 is 2.14 bits per heavy atom. The summed E-state index contributed by atoms with van der Waals surface area (Å²) in [5.41, 5.74) is 0. The van der Waals surface area contributed by atoms with Crippen molar-refractivity contribution in [3.8, 4) is 0 Å². The van der Waals surface area contributed by atoms with Crippen LogP contribution in [0.4, 0.5) is 0 Å². The van der Waals surface area contributed by atoms with Gasteiger partial charge in [0.2, 0.25) is 5.91 Å². The summed E-state index contributed by atoms with van der Waals surface area (Å²) in [7, 11) is 1.69. The van der Waals surface area contributed by atoms with E-state index in [0.717, 1.165) is 18.7 Å². The first-order chi connectivity index (χ1) is 10.3. The van der Waals surface area contributed by atoms with Gasteiger partial charge in [-0.15, -0.1) is 24.0 Å². The Bertz CT molecular complexity index is 426. The Morgan fingerprint density at radius 1 is 1.32 bits per heavy atom. The molecule has 0 spiro atoms. The Labute approximate surface area is 153 Å². The van der Waals surface area contributed by atoms with Crippen LogP contribution >= 0.6 is 35.7 Å². The predicted molar refractivity (Wildman–Crippen MR) is 103 cm³/mol. The SMILES string of the molecule is CN=C(NCCCCSC)NCC(=O)NCc1ccco1.I. The summed E-state index contributed by atoms with van der Waals surface area (Å²) in [5, 5.41) is 8.93. The third kappa shape index (κ3) is 9.93. The predicted octanol–water partition coefficient (Wildman–Crippen LogP) is 1.82. The van der Waals surface area contributed by atoms with Crippen LogP contribution in [0.2, 0.25) is 0 Å². The quantitative estimate of drug-likeness (QED) is 0.236. The molecular weight excluding hydrogens is 415 g/mol. The number of unbranched alkanes of at least 4 members (excludes halogenated alkanes) is 1. The molecule has 0 fully saturated rings. The normalized spacial score (nSPS) is 10.7. The first-order valence-corrected chi connectivity index (χ1v) is 8.38. The van der Waals surface area contributed by atoms with Crippen molar-refractivity contribution in [2.45, 2.75) is 19.4 Å². The van der Waals surface area contributed by atoms with E-state index in [9.17, 15) is 4.79 Å². The van der Waals surface area contributed by atoms with Gasteiger partial charge in [-0.3, -0.25) is 9.79 Å². The molecule has 22 heavy (non-hydrogen) atoms. The molecule has 1 rings (SSSR count). The van der Waals surface area contributed by atoms with Gasteiger partial charge in [0, 0.05) is 13.6 Å². The molecule has 0 aromatic carbocycles. The zero-order valence-electron chi connectivity index (χ0n) is 13.1. The Kier molecular flexibility index (Phi) is 13.2. The number of aliphatic imine (C=N–C) groups is 1. The largest absolute Gasteiger partial charge is 0.467 e. The molecule has 1 aromatic heterocycles. The van der Waals surface area contributed by atoms with Crippen LogP contribution in [0.25, 0.3) is 0 Å². The van der Waals surface area contributed by atoms with E-state index in [-0.39, 0.29) is 36.4 Å². The van der Waals surface area contributed by atoms with E-state index < -0.39 is 0 Å². The summed E-state index contributed by atoms with van der Waals surface area (Å²) in [5.74, 6) is 2.45. The minimum absolute atomic E-state index is 0. The zero-order chi connectivity index (χ0) is 15.3. The fraction of sp³-hybridized carbons (Fsp3) is 0.571. The van der Waals surface area contributed by atoms with Crippen molar-refractivity contribution in [3.05, 3.63) is 24.2 Å². The highest BCUT2D eigenvalue weighted by molar-refractivity contribution is 14.0. The van der Waals surface area contributed by atoms with Gasteiger partial charge in [-0.2, -0.15) is 11.8 Å². The van der Waals surface area contributed by atoms with E-state index >= 15 is 0 Å². The summed E-state index contributed by atoms with van der Waals surface area (Å²) in [4.78, 5) is 15.8. The van der Waals surface area contributed by atoms with E-state index in [4.69, 9.17) is 4.42 Å². The molecule has 0 saturated heterocycles. The number of guanidine groups is 1. The first-order valence-electron chi connectivity index (χ1n) is 6.98. The fourth-order valence-corrected chi connectivity index (χ4v) is 2.12. The zero-order valence-corrected chi connectivity index (χ0v) is 16.2. The summed E-state index contributed by atoms with van der Waals surface area (Å²) in [6.45, 7) is 1.44. The molecule has 1 aromatic rings. The third-order valence-corrected chi connectivity index (χ3v) is 3.44. The van der Waals surface area contributed by atoms with Gasteiger partial charge in [-0.1, -0.05) is 0 Å². The molecule has 0 aliphatic rings. The van der Waals surface area contributed by atoms with Gasteiger partial charge in [-0.25, -0.2) is 0 Å². The maximum absolute atomic E-state index is 11.7. The average Bonchev–Trinajstić information content (AvgIpc) is 3.01. The molecule has 0 unspecified atom stereocenters. The number of nitrogens with zero attached hydrogens (tertiary/aromatic N) is 1.